The minimum Gasteiger partial charge on any atom is -0.495 e. The van der Waals surface area contributed by atoms with Crippen molar-refractivity contribution in [3.8, 4) is 5.75 Å². The van der Waals surface area contributed by atoms with Crippen molar-refractivity contribution >= 4 is 58.4 Å². The Kier molecular flexibility index (Phi) is 12.4. The van der Waals surface area contributed by atoms with E-state index in [4.69, 9.17) is 9.72 Å². The van der Waals surface area contributed by atoms with Crippen LogP contribution in [0.1, 0.15) is 112 Å². The molecule has 1 atom stereocenters. The number of rotatable bonds is 11. The Hall–Kier alpha value is -6.17. The highest BCUT2D eigenvalue weighted by molar-refractivity contribution is 6.12. The van der Waals surface area contributed by atoms with Crippen LogP contribution in [0.15, 0.2) is 48.4 Å². The third-order valence-electron chi connectivity index (χ3n) is 15.0. The molecule has 2 aromatic heterocycles. The Morgan fingerprint density at radius 2 is 1.74 bits per heavy atom. The molecule has 4 N–H and O–H groups in total. The molecule has 1 aromatic carbocycles. The van der Waals surface area contributed by atoms with Crippen molar-refractivity contribution in [2.45, 2.75) is 108 Å². The summed E-state index contributed by atoms with van der Waals surface area (Å²) in [5.74, 6) is -1.21. The van der Waals surface area contributed by atoms with Gasteiger partial charge in [0.15, 0.2) is 5.82 Å². The summed E-state index contributed by atoms with van der Waals surface area (Å²) in [6.07, 6.45) is 14.3. The number of methoxy groups -OCH3 is 1. The lowest BCUT2D eigenvalue weighted by molar-refractivity contribution is -0.141. The number of aliphatic hydroxyl groups is 1. The summed E-state index contributed by atoms with van der Waals surface area (Å²) in [5, 5.41) is 18.9. The molecule has 2 saturated carbocycles. The number of aliphatic hydroxyl groups excluding tert-OH is 1. The summed E-state index contributed by atoms with van der Waals surface area (Å²) in [7, 11) is 3.27. The minimum atomic E-state index is -0.797. The van der Waals surface area contributed by atoms with Crippen LogP contribution in [0.2, 0.25) is 0 Å². The topological polar surface area (TPSA) is 203 Å². The number of benzene rings is 1. The van der Waals surface area contributed by atoms with Gasteiger partial charge in [-0.2, -0.15) is 4.98 Å². The van der Waals surface area contributed by atoms with E-state index < -0.39 is 23.2 Å². The van der Waals surface area contributed by atoms with Gasteiger partial charge in [0.25, 0.3) is 11.8 Å². The van der Waals surface area contributed by atoms with Crippen LogP contribution >= 0.6 is 0 Å². The van der Waals surface area contributed by atoms with Gasteiger partial charge in [0.1, 0.15) is 23.0 Å². The number of hydrogen-bond acceptors (Lipinski definition) is 13. The maximum Gasteiger partial charge on any atom is 0.274 e. The number of fused-ring (bicyclic) bond motifs is 1. The van der Waals surface area contributed by atoms with E-state index in [1.54, 1.807) is 42.5 Å². The molecule has 3 saturated heterocycles. The van der Waals surface area contributed by atoms with Crippen molar-refractivity contribution in [2.75, 3.05) is 67.0 Å². The molecule has 5 fully saturated rings. The average Bonchev–Trinajstić information content (AvgIpc) is 3.85. The van der Waals surface area contributed by atoms with Crippen LogP contribution in [-0.4, -0.2) is 113 Å². The highest BCUT2D eigenvalue weighted by atomic mass is 19.1. The number of ether oxygens (including phenoxy) is 1. The predicted octanol–water partition coefficient (Wildman–Crippen LogP) is 5.08. The van der Waals surface area contributed by atoms with Crippen molar-refractivity contribution < 1.29 is 38.2 Å². The predicted molar refractivity (Wildman–Crippen MR) is 244 cm³/mol. The molecule has 17 nitrogen and oxygen atoms in total. The number of nitrogens with zero attached hydrogens (tertiary/aromatic N) is 7. The van der Waals surface area contributed by atoms with E-state index in [9.17, 15) is 29.1 Å². The number of amides is 5. The SMILES string of the molecule is C/C=C1\C(=O)N(C)c2cnc(Nc3ccc(C(=O)NC4(CCO)CC5(CCN(C(=O)C6CCN(c7cnc(C8CCC(=O)NC8=O)c(F)c7)CC6)CC5)C4)cc3OC)nc2N1C1CCCC1. The molecule has 5 amide bonds. The summed E-state index contributed by atoms with van der Waals surface area (Å²) in [6.45, 7) is 4.20. The number of hydrogen-bond donors (Lipinski definition) is 4. The number of carbonyl (C=O) groups is 5. The fourth-order valence-corrected chi connectivity index (χ4v) is 11.4. The molecule has 0 bridgehead atoms. The molecule has 6 aliphatic rings. The number of imide groups is 1. The number of anilines is 5. The lowest BCUT2D eigenvalue weighted by Gasteiger charge is -2.59. The number of carbonyl (C=O) groups excluding carboxylic acids is 5. The number of allylic oxidation sites excluding steroid dienone is 1. The third kappa shape index (κ3) is 8.55. The monoisotopic (exact) mass is 906 g/mol. The van der Waals surface area contributed by atoms with Gasteiger partial charge < -0.3 is 40.1 Å². The first kappa shape index (κ1) is 45.0. The Balaban J connectivity index is 0.785. The molecular weight excluding hydrogens is 848 g/mol. The fourth-order valence-electron chi connectivity index (χ4n) is 11.4. The first-order valence-corrected chi connectivity index (χ1v) is 23.4. The van der Waals surface area contributed by atoms with Crippen molar-refractivity contribution in [1.29, 1.82) is 0 Å². The summed E-state index contributed by atoms with van der Waals surface area (Å²) in [4.78, 5) is 86.1. The Bertz CT molecular complexity index is 2430. The molecule has 6 heterocycles. The number of likely N-dealkylation sites (tertiary alicyclic amines) is 1. The molecule has 18 heteroatoms. The van der Waals surface area contributed by atoms with Gasteiger partial charge in [-0.15, -0.1) is 0 Å². The normalized spacial score (nSPS) is 22.6. The number of pyridine rings is 1. The highest BCUT2D eigenvalue weighted by Gasteiger charge is 2.56. The molecular formula is C48H59FN10O7. The second-order valence-electron chi connectivity index (χ2n) is 19.0. The van der Waals surface area contributed by atoms with Crippen molar-refractivity contribution in [1.82, 2.24) is 30.5 Å². The third-order valence-corrected chi connectivity index (χ3v) is 15.0. The van der Waals surface area contributed by atoms with E-state index in [0.29, 0.717) is 104 Å². The maximum absolute atomic E-state index is 15.2. The molecule has 4 aliphatic heterocycles. The Morgan fingerprint density at radius 3 is 2.41 bits per heavy atom. The maximum atomic E-state index is 15.2. The van der Waals surface area contributed by atoms with E-state index in [1.165, 1.54) is 13.2 Å². The van der Waals surface area contributed by atoms with Crippen LogP contribution in [-0.2, 0) is 19.2 Å². The molecule has 0 radical (unpaired) electrons. The smallest absolute Gasteiger partial charge is 0.274 e. The second kappa shape index (κ2) is 18.2. The summed E-state index contributed by atoms with van der Waals surface area (Å²) < 4.78 is 20.9. The van der Waals surface area contributed by atoms with Gasteiger partial charge in [0.05, 0.1) is 42.5 Å². The lowest BCUT2D eigenvalue weighted by Crippen LogP contribution is -2.64. The Morgan fingerprint density at radius 1 is 1.00 bits per heavy atom. The van der Waals surface area contributed by atoms with E-state index in [1.807, 2.05) is 22.8 Å². The number of nitrogens with one attached hydrogen (secondary N) is 3. The van der Waals surface area contributed by atoms with Crippen molar-refractivity contribution in [3.63, 3.8) is 0 Å². The van der Waals surface area contributed by atoms with Crippen LogP contribution < -0.4 is 35.4 Å². The zero-order valence-corrected chi connectivity index (χ0v) is 37.9. The van der Waals surface area contributed by atoms with Crippen LogP contribution in [0.25, 0.3) is 0 Å². The second-order valence-corrected chi connectivity index (χ2v) is 19.0. The van der Waals surface area contributed by atoms with Crippen LogP contribution in [0.5, 0.6) is 5.75 Å². The number of likely N-dealkylation sites (N-methyl/N-ethyl adjacent to an activating group) is 1. The molecule has 350 valence electrons. The van der Waals surface area contributed by atoms with E-state index >= 15 is 4.39 Å². The van der Waals surface area contributed by atoms with E-state index in [-0.39, 0.29) is 66.1 Å². The van der Waals surface area contributed by atoms with Crippen LogP contribution in [0.4, 0.5) is 33.2 Å². The van der Waals surface area contributed by atoms with Crippen molar-refractivity contribution in [3.05, 3.63) is 65.5 Å². The molecule has 1 spiro atoms. The van der Waals surface area contributed by atoms with Crippen molar-refractivity contribution in [2.24, 2.45) is 11.3 Å². The average molecular weight is 907 g/mol. The zero-order valence-electron chi connectivity index (χ0n) is 37.9. The number of aromatic nitrogens is 3. The fraction of sp³-hybridized carbons (Fsp3) is 0.542. The molecule has 66 heavy (non-hydrogen) atoms. The zero-order chi connectivity index (χ0) is 46.3. The standard InChI is InChI=1S/C48H59FN10O7/c1-4-36-45(65)56(2)37-26-51-46(54-41(37)59(36)31-7-5-6-8-31)52-35-11-9-30(23-38(35)66-3)42(62)55-48(17-22-60)27-47(28-48)15-20-58(21-16-47)44(64)29-13-18-57(19-14-29)32-24-34(49)40(50-25-32)33-10-12-39(61)53-43(33)63/h4,9,11,23-26,29,31,33,60H,5-8,10,12-22,27-28H2,1-3H3,(H,55,62)(H,51,52,54)(H,53,61,63)/b36-4+. The van der Waals surface area contributed by atoms with Gasteiger partial charge in [0.2, 0.25) is 23.7 Å². The van der Waals surface area contributed by atoms with E-state index in [0.717, 1.165) is 38.5 Å². The van der Waals surface area contributed by atoms with Gasteiger partial charge in [-0.25, -0.2) is 9.37 Å². The van der Waals surface area contributed by atoms with E-state index in [2.05, 4.69) is 30.8 Å². The van der Waals surface area contributed by atoms with Gasteiger partial charge in [-0.3, -0.25) is 34.3 Å². The first-order chi connectivity index (χ1) is 31.8. The first-order valence-electron chi connectivity index (χ1n) is 23.4. The highest BCUT2D eigenvalue weighted by Crippen LogP contribution is 2.56. The van der Waals surface area contributed by atoms with Crippen LogP contribution in [0, 0.1) is 17.2 Å². The molecule has 9 rings (SSSR count). The largest absolute Gasteiger partial charge is 0.495 e. The van der Waals surface area contributed by atoms with Gasteiger partial charge in [-0.05, 0) is 94.7 Å². The quantitative estimate of drug-likeness (QED) is 0.147. The van der Waals surface area contributed by atoms with Gasteiger partial charge in [-0.1, -0.05) is 18.9 Å². The number of halogens is 1. The lowest BCUT2D eigenvalue weighted by atomic mass is 9.52. The van der Waals surface area contributed by atoms with Gasteiger partial charge in [0, 0.05) is 75.4 Å². The summed E-state index contributed by atoms with van der Waals surface area (Å²) >= 11 is 0. The summed E-state index contributed by atoms with van der Waals surface area (Å²) in [5.41, 5.74) is 2.24. The molecule has 2 aliphatic carbocycles. The van der Waals surface area contributed by atoms with Gasteiger partial charge >= 0.3 is 0 Å². The summed E-state index contributed by atoms with van der Waals surface area (Å²) in [6, 6.07) is 6.72. The minimum absolute atomic E-state index is 0.0386. The number of piperidine rings is 3. The molecule has 1 unspecified atom stereocenters. The Labute approximate surface area is 383 Å². The molecule has 3 aromatic rings. The van der Waals surface area contributed by atoms with Crippen LogP contribution in [0.3, 0.4) is 0 Å².